The molecule has 128 valence electrons. The average Bonchev–Trinajstić information content (AvgIpc) is 3.39. The fraction of sp³-hybridized carbons (Fsp3) is 0.500. The molecule has 0 bridgehead atoms. The monoisotopic (exact) mass is 327 g/mol. The molecule has 2 heterocycles. The summed E-state index contributed by atoms with van der Waals surface area (Å²) in [5, 5.41) is 3.41. The molecule has 1 fully saturated rings. The van der Waals surface area contributed by atoms with Crippen molar-refractivity contribution in [3.8, 4) is 11.4 Å². The van der Waals surface area contributed by atoms with Crippen LogP contribution in [0.2, 0.25) is 0 Å². The number of nitrogens with one attached hydrogen (secondary N) is 2. The van der Waals surface area contributed by atoms with E-state index in [1.165, 1.54) is 18.9 Å². The number of aryl methyl sites for hydroxylation is 1. The fourth-order valence-electron chi connectivity index (χ4n) is 2.93. The van der Waals surface area contributed by atoms with Crippen molar-refractivity contribution in [2.24, 2.45) is 5.92 Å². The second kappa shape index (κ2) is 7.13. The highest BCUT2D eigenvalue weighted by molar-refractivity contribution is 5.55. The Bertz CT molecular complexity index is 732. The van der Waals surface area contributed by atoms with E-state index < -0.39 is 0 Å². The third-order valence-electron chi connectivity index (χ3n) is 4.52. The lowest BCUT2D eigenvalue weighted by atomic mass is 10.1. The summed E-state index contributed by atoms with van der Waals surface area (Å²) >= 11 is 0. The number of hydrogen-bond donors (Lipinski definition) is 2. The zero-order chi connectivity index (χ0) is 17.1. The number of pyridine rings is 1. The molecule has 1 aliphatic carbocycles. The van der Waals surface area contributed by atoms with Crippen molar-refractivity contribution in [2.45, 2.75) is 32.2 Å². The molecular weight excluding hydrogens is 302 g/mol. The molecule has 0 saturated heterocycles. The third-order valence-corrected chi connectivity index (χ3v) is 4.52. The van der Waals surface area contributed by atoms with Crippen LogP contribution in [0, 0.1) is 5.92 Å². The van der Waals surface area contributed by atoms with Gasteiger partial charge in [-0.1, -0.05) is 6.92 Å². The van der Waals surface area contributed by atoms with Crippen molar-refractivity contribution in [1.29, 1.82) is 0 Å². The predicted molar refractivity (Wildman–Crippen MR) is 96.2 cm³/mol. The standard InChI is InChI=1S/C18H25N5O/c1-4-14-9-17(24)22-18(21-14)13-7-8-16(19-10-13)20-11-15(23(2)3)12-5-6-12/h7-10,12,15H,4-6,11H2,1-3H3,(H,19,20)(H,21,22,24). The number of nitrogens with zero attached hydrogens (tertiary/aromatic N) is 3. The van der Waals surface area contributed by atoms with Gasteiger partial charge in [-0.25, -0.2) is 9.97 Å². The second-order valence-electron chi connectivity index (χ2n) is 6.62. The normalized spacial score (nSPS) is 15.5. The predicted octanol–water partition coefficient (Wildman–Crippen LogP) is 2.15. The molecule has 2 aromatic heterocycles. The van der Waals surface area contributed by atoms with Crippen LogP contribution in [0.3, 0.4) is 0 Å². The van der Waals surface area contributed by atoms with Crippen molar-refractivity contribution < 1.29 is 0 Å². The van der Waals surface area contributed by atoms with Gasteiger partial charge in [-0.05, 0) is 51.4 Å². The molecule has 0 aromatic carbocycles. The van der Waals surface area contributed by atoms with Crippen LogP contribution >= 0.6 is 0 Å². The summed E-state index contributed by atoms with van der Waals surface area (Å²) in [6.07, 6.45) is 5.13. The molecule has 24 heavy (non-hydrogen) atoms. The Morgan fingerprint density at radius 2 is 2.17 bits per heavy atom. The van der Waals surface area contributed by atoms with Gasteiger partial charge in [0.2, 0.25) is 0 Å². The van der Waals surface area contributed by atoms with Gasteiger partial charge in [0.05, 0.1) is 0 Å². The fourth-order valence-corrected chi connectivity index (χ4v) is 2.93. The number of aromatic nitrogens is 3. The molecule has 0 radical (unpaired) electrons. The van der Waals surface area contributed by atoms with E-state index in [1.54, 1.807) is 6.20 Å². The smallest absolute Gasteiger partial charge is 0.251 e. The lowest BCUT2D eigenvalue weighted by Gasteiger charge is -2.24. The number of likely N-dealkylation sites (N-methyl/N-ethyl adjacent to an activating group) is 1. The van der Waals surface area contributed by atoms with Crippen molar-refractivity contribution >= 4 is 5.82 Å². The first kappa shape index (κ1) is 16.6. The quantitative estimate of drug-likeness (QED) is 0.815. The van der Waals surface area contributed by atoms with Gasteiger partial charge in [-0.2, -0.15) is 0 Å². The van der Waals surface area contributed by atoms with Crippen LogP contribution in [0.4, 0.5) is 5.82 Å². The lowest BCUT2D eigenvalue weighted by Crippen LogP contribution is -2.36. The summed E-state index contributed by atoms with van der Waals surface area (Å²) in [6, 6.07) is 5.96. The number of aromatic amines is 1. The van der Waals surface area contributed by atoms with Crippen LogP contribution in [0.15, 0.2) is 29.2 Å². The summed E-state index contributed by atoms with van der Waals surface area (Å²) in [7, 11) is 4.26. The Morgan fingerprint density at radius 1 is 1.38 bits per heavy atom. The number of rotatable bonds is 7. The SMILES string of the molecule is CCc1cc(=O)[nH]c(-c2ccc(NCC(C3CC3)N(C)C)nc2)n1. The minimum atomic E-state index is -0.127. The van der Waals surface area contributed by atoms with Crippen molar-refractivity contribution in [1.82, 2.24) is 19.9 Å². The molecule has 1 aliphatic rings. The van der Waals surface area contributed by atoms with Crippen LogP contribution in [0.1, 0.15) is 25.5 Å². The zero-order valence-electron chi connectivity index (χ0n) is 14.5. The molecule has 1 unspecified atom stereocenters. The molecule has 2 N–H and O–H groups in total. The molecule has 6 heteroatoms. The second-order valence-corrected chi connectivity index (χ2v) is 6.62. The highest BCUT2D eigenvalue weighted by Gasteiger charge is 2.32. The van der Waals surface area contributed by atoms with Crippen molar-refractivity contribution in [2.75, 3.05) is 26.0 Å². The average molecular weight is 327 g/mol. The summed E-state index contributed by atoms with van der Waals surface area (Å²) in [5.74, 6) is 2.22. The molecule has 0 amide bonds. The van der Waals surface area contributed by atoms with E-state index in [4.69, 9.17) is 0 Å². The molecule has 1 atom stereocenters. The van der Waals surface area contributed by atoms with Gasteiger partial charge in [0.25, 0.3) is 5.56 Å². The van der Waals surface area contributed by atoms with Gasteiger partial charge in [0.15, 0.2) is 0 Å². The van der Waals surface area contributed by atoms with Gasteiger partial charge in [0, 0.05) is 36.1 Å². The van der Waals surface area contributed by atoms with E-state index in [0.29, 0.717) is 11.9 Å². The minimum absolute atomic E-state index is 0.127. The Balaban J connectivity index is 1.69. The first-order valence-corrected chi connectivity index (χ1v) is 8.53. The Labute approximate surface area is 142 Å². The summed E-state index contributed by atoms with van der Waals surface area (Å²) in [6.45, 7) is 2.88. The van der Waals surface area contributed by atoms with E-state index in [9.17, 15) is 4.79 Å². The maximum Gasteiger partial charge on any atom is 0.251 e. The molecule has 0 aliphatic heterocycles. The molecule has 0 spiro atoms. The largest absolute Gasteiger partial charge is 0.368 e. The first-order valence-electron chi connectivity index (χ1n) is 8.53. The van der Waals surface area contributed by atoms with E-state index in [2.05, 4.69) is 39.3 Å². The molecule has 2 aromatic rings. The van der Waals surface area contributed by atoms with Crippen LogP contribution in [0.5, 0.6) is 0 Å². The van der Waals surface area contributed by atoms with Crippen molar-refractivity contribution in [3.05, 3.63) is 40.4 Å². The van der Waals surface area contributed by atoms with Gasteiger partial charge in [-0.15, -0.1) is 0 Å². The Morgan fingerprint density at radius 3 is 2.75 bits per heavy atom. The van der Waals surface area contributed by atoms with Gasteiger partial charge in [0.1, 0.15) is 11.6 Å². The third kappa shape index (κ3) is 4.00. The zero-order valence-corrected chi connectivity index (χ0v) is 14.5. The number of anilines is 1. The van der Waals surface area contributed by atoms with Gasteiger partial charge in [-0.3, -0.25) is 4.79 Å². The van der Waals surface area contributed by atoms with E-state index in [-0.39, 0.29) is 5.56 Å². The molecular formula is C18H25N5O. The minimum Gasteiger partial charge on any atom is -0.368 e. The Kier molecular flexibility index (Phi) is 4.94. The molecule has 3 rings (SSSR count). The Hall–Kier alpha value is -2.21. The van der Waals surface area contributed by atoms with Crippen LogP contribution in [-0.2, 0) is 6.42 Å². The van der Waals surface area contributed by atoms with Crippen LogP contribution in [0.25, 0.3) is 11.4 Å². The summed E-state index contributed by atoms with van der Waals surface area (Å²) < 4.78 is 0. The van der Waals surface area contributed by atoms with Crippen LogP contribution < -0.4 is 10.9 Å². The molecule has 6 nitrogen and oxygen atoms in total. The highest BCUT2D eigenvalue weighted by atomic mass is 16.1. The van der Waals surface area contributed by atoms with E-state index >= 15 is 0 Å². The number of H-pyrrole nitrogens is 1. The molecule has 1 saturated carbocycles. The lowest BCUT2D eigenvalue weighted by molar-refractivity contribution is 0.276. The first-order chi connectivity index (χ1) is 11.6. The van der Waals surface area contributed by atoms with Crippen LogP contribution in [-0.4, -0.2) is 46.5 Å². The van der Waals surface area contributed by atoms with Gasteiger partial charge >= 0.3 is 0 Å². The summed E-state index contributed by atoms with van der Waals surface area (Å²) in [4.78, 5) is 25.7. The van der Waals surface area contributed by atoms with E-state index in [1.807, 2.05) is 19.1 Å². The number of hydrogen-bond acceptors (Lipinski definition) is 5. The maximum absolute atomic E-state index is 11.7. The van der Waals surface area contributed by atoms with Gasteiger partial charge < -0.3 is 15.2 Å². The topological polar surface area (TPSA) is 73.9 Å². The summed E-state index contributed by atoms with van der Waals surface area (Å²) in [5.41, 5.74) is 1.48. The van der Waals surface area contributed by atoms with Crippen molar-refractivity contribution in [3.63, 3.8) is 0 Å². The maximum atomic E-state index is 11.7. The highest BCUT2D eigenvalue weighted by Crippen LogP contribution is 2.34. The van der Waals surface area contributed by atoms with E-state index in [0.717, 1.165) is 36.0 Å².